The molecule has 7 heteroatoms. The molecule has 0 unspecified atom stereocenters. The van der Waals surface area contributed by atoms with Crippen LogP contribution in [0.25, 0.3) is 11.1 Å². The number of hydrogen-bond acceptors (Lipinski definition) is 4. The Morgan fingerprint density at radius 1 is 1.15 bits per heavy atom. The number of benzene rings is 1. The van der Waals surface area contributed by atoms with Crippen LogP contribution in [-0.4, -0.2) is 27.6 Å². The van der Waals surface area contributed by atoms with E-state index >= 15 is 0 Å². The molecule has 2 aromatic heterocycles. The number of nitrogens with zero attached hydrogens (tertiary/aromatic N) is 2. The monoisotopic (exact) mass is 380 g/mol. The molecule has 1 aliphatic rings. The van der Waals surface area contributed by atoms with Gasteiger partial charge in [0.15, 0.2) is 0 Å². The zero-order chi connectivity index (χ0) is 19.0. The van der Waals surface area contributed by atoms with E-state index in [4.69, 9.17) is 0 Å². The molecule has 0 aliphatic heterocycles. The minimum absolute atomic E-state index is 0.144. The Morgan fingerprint density at radius 3 is 2.52 bits per heavy atom. The molecule has 1 aromatic carbocycles. The lowest BCUT2D eigenvalue weighted by Gasteiger charge is -2.10. The summed E-state index contributed by atoms with van der Waals surface area (Å²) >= 11 is 1.36. The van der Waals surface area contributed by atoms with Crippen LogP contribution in [0.4, 0.5) is 5.00 Å². The first-order chi connectivity index (χ1) is 13.0. The van der Waals surface area contributed by atoms with Gasteiger partial charge in [0.1, 0.15) is 10.7 Å². The fraction of sp³-hybridized carbons (Fsp3) is 0.250. The highest BCUT2D eigenvalue weighted by Crippen LogP contribution is 2.36. The largest absolute Gasteiger partial charge is 0.349 e. The normalized spacial score (nSPS) is 13.4. The van der Waals surface area contributed by atoms with Crippen molar-refractivity contribution in [2.24, 2.45) is 7.05 Å². The van der Waals surface area contributed by atoms with Gasteiger partial charge in [-0.1, -0.05) is 29.8 Å². The molecule has 4 rings (SSSR count). The fourth-order valence-electron chi connectivity index (χ4n) is 2.87. The second-order valence-corrected chi connectivity index (χ2v) is 7.64. The fourth-order valence-corrected chi connectivity index (χ4v) is 3.83. The van der Waals surface area contributed by atoms with Crippen molar-refractivity contribution in [3.05, 3.63) is 58.7 Å². The van der Waals surface area contributed by atoms with Crippen LogP contribution in [0.15, 0.2) is 41.9 Å². The number of aryl methyl sites for hydroxylation is 2. The summed E-state index contributed by atoms with van der Waals surface area (Å²) in [5, 5.41) is 12.4. The number of rotatable bonds is 5. The van der Waals surface area contributed by atoms with Crippen LogP contribution >= 0.6 is 11.3 Å². The molecular formula is C20H20N4O2S. The van der Waals surface area contributed by atoms with Crippen molar-refractivity contribution < 1.29 is 9.59 Å². The van der Waals surface area contributed by atoms with Crippen molar-refractivity contribution in [1.29, 1.82) is 0 Å². The molecule has 1 fully saturated rings. The summed E-state index contributed by atoms with van der Waals surface area (Å²) in [6.07, 6.45) is 3.58. The van der Waals surface area contributed by atoms with Gasteiger partial charge in [-0.3, -0.25) is 14.3 Å². The first-order valence-electron chi connectivity index (χ1n) is 8.81. The summed E-state index contributed by atoms with van der Waals surface area (Å²) in [5.41, 5.74) is 3.90. The zero-order valence-electron chi connectivity index (χ0n) is 15.2. The van der Waals surface area contributed by atoms with E-state index in [1.807, 2.05) is 36.6 Å². The van der Waals surface area contributed by atoms with Crippen LogP contribution < -0.4 is 10.6 Å². The molecular weight excluding hydrogens is 360 g/mol. The van der Waals surface area contributed by atoms with Gasteiger partial charge in [0.2, 0.25) is 0 Å². The number of nitrogens with one attached hydrogen (secondary N) is 2. The van der Waals surface area contributed by atoms with Gasteiger partial charge < -0.3 is 10.6 Å². The summed E-state index contributed by atoms with van der Waals surface area (Å²) in [6.45, 7) is 2.03. The summed E-state index contributed by atoms with van der Waals surface area (Å²) in [5.74, 6) is -0.428. The minimum atomic E-state index is -0.284. The maximum Gasteiger partial charge on any atom is 0.274 e. The molecule has 0 radical (unpaired) electrons. The zero-order valence-corrected chi connectivity index (χ0v) is 16.0. The highest BCUT2D eigenvalue weighted by molar-refractivity contribution is 7.15. The van der Waals surface area contributed by atoms with Crippen LogP contribution in [0.5, 0.6) is 0 Å². The molecule has 6 nitrogen and oxygen atoms in total. The Balaban J connectivity index is 1.70. The topological polar surface area (TPSA) is 76.0 Å². The first kappa shape index (κ1) is 17.5. The molecule has 138 valence electrons. The van der Waals surface area contributed by atoms with E-state index in [1.165, 1.54) is 16.0 Å². The van der Waals surface area contributed by atoms with Gasteiger partial charge in [-0.25, -0.2) is 0 Å². The minimum Gasteiger partial charge on any atom is -0.349 e. The summed E-state index contributed by atoms with van der Waals surface area (Å²) in [7, 11) is 1.71. The lowest BCUT2D eigenvalue weighted by Crippen LogP contribution is -2.27. The Kier molecular flexibility index (Phi) is 4.53. The third-order valence-corrected chi connectivity index (χ3v) is 5.47. The molecule has 2 heterocycles. The predicted molar refractivity (Wildman–Crippen MR) is 106 cm³/mol. The van der Waals surface area contributed by atoms with Gasteiger partial charge in [0, 0.05) is 30.2 Å². The van der Waals surface area contributed by atoms with E-state index in [0.717, 1.165) is 29.5 Å². The maximum absolute atomic E-state index is 12.9. The van der Waals surface area contributed by atoms with Crippen molar-refractivity contribution in [1.82, 2.24) is 15.1 Å². The number of anilines is 1. The van der Waals surface area contributed by atoms with Crippen LogP contribution in [-0.2, 0) is 7.05 Å². The summed E-state index contributed by atoms with van der Waals surface area (Å²) in [6, 6.07) is 9.92. The van der Waals surface area contributed by atoms with E-state index < -0.39 is 0 Å². The van der Waals surface area contributed by atoms with Crippen molar-refractivity contribution >= 4 is 28.2 Å². The number of carbonyl (C=O) groups is 2. The first-order valence-corrected chi connectivity index (χ1v) is 9.69. The van der Waals surface area contributed by atoms with Crippen molar-refractivity contribution in [3.63, 3.8) is 0 Å². The number of amides is 2. The summed E-state index contributed by atoms with van der Waals surface area (Å²) < 4.78 is 1.51. The number of carbonyl (C=O) groups excluding carboxylic acids is 2. The lowest BCUT2D eigenvalue weighted by molar-refractivity contribution is 0.0953. The van der Waals surface area contributed by atoms with Gasteiger partial charge in [-0.2, -0.15) is 5.10 Å². The Morgan fingerprint density at radius 2 is 1.89 bits per heavy atom. The molecule has 27 heavy (non-hydrogen) atoms. The smallest absolute Gasteiger partial charge is 0.274 e. The number of hydrogen-bond donors (Lipinski definition) is 2. The molecule has 0 atom stereocenters. The average Bonchev–Trinajstić information content (AvgIpc) is 3.19. The van der Waals surface area contributed by atoms with E-state index in [0.29, 0.717) is 16.3 Å². The highest BCUT2D eigenvalue weighted by atomic mass is 32.1. The number of aromatic nitrogens is 2. The van der Waals surface area contributed by atoms with E-state index in [1.54, 1.807) is 19.3 Å². The van der Waals surface area contributed by atoms with Crippen LogP contribution in [0, 0.1) is 6.92 Å². The summed E-state index contributed by atoms with van der Waals surface area (Å²) in [4.78, 5) is 25.5. The second kappa shape index (κ2) is 7.00. The molecule has 0 saturated heterocycles. The molecule has 2 N–H and O–H groups in total. The predicted octanol–water partition coefficient (Wildman–Crippen LogP) is 3.60. The van der Waals surface area contributed by atoms with Gasteiger partial charge >= 0.3 is 0 Å². The third kappa shape index (κ3) is 3.64. The van der Waals surface area contributed by atoms with Gasteiger partial charge in [0.25, 0.3) is 11.8 Å². The average molecular weight is 380 g/mol. The SMILES string of the molecule is Cc1ccc(-c2csc(NC(=O)c3ccnn3C)c2C(=O)NC2CC2)cc1. The highest BCUT2D eigenvalue weighted by Gasteiger charge is 2.28. The second-order valence-electron chi connectivity index (χ2n) is 6.76. The molecule has 2 amide bonds. The van der Waals surface area contributed by atoms with Crippen LogP contribution in [0.2, 0.25) is 0 Å². The Hall–Kier alpha value is -2.93. The maximum atomic E-state index is 12.9. The van der Waals surface area contributed by atoms with Gasteiger partial charge in [0.05, 0.1) is 5.56 Å². The van der Waals surface area contributed by atoms with E-state index in [2.05, 4.69) is 15.7 Å². The van der Waals surface area contributed by atoms with Gasteiger partial charge in [-0.15, -0.1) is 11.3 Å². The van der Waals surface area contributed by atoms with Crippen molar-refractivity contribution in [2.45, 2.75) is 25.8 Å². The molecule has 1 aliphatic carbocycles. The van der Waals surface area contributed by atoms with Crippen molar-refractivity contribution in [3.8, 4) is 11.1 Å². The van der Waals surface area contributed by atoms with E-state index in [9.17, 15) is 9.59 Å². The standard InChI is InChI=1S/C20H20N4O2S/c1-12-3-5-13(6-4-12)15-11-27-20(17(15)19(26)22-14-7-8-14)23-18(25)16-9-10-21-24(16)2/h3-6,9-11,14H,7-8H2,1-2H3,(H,22,26)(H,23,25). The van der Waals surface area contributed by atoms with Gasteiger partial charge in [-0.05, 0) is 31.4 Å². The number of thiophene rings is 1. The Bertz CT molecular complexity index is 999. The van der Waals surface area contributed by atoms with E-state index in [-0.39, 0.29) is 17.9 Å². The molecule has 3 aromatic rings. The van der Waals surface area contributed by atoms with Crippen molar-refractivity contribution in [2.75, 3.05) is 5.32 Å². The van der Waals surface area contributed by atoms with Crippen LogP contribution in [0.1, 0.15) is 39.3 Å². The molecule has 0 spiro atoms. The Labute approximate surface area is 161 Å². The quantitative estimate of drug-likeness (QED) is 0.710. The third-order valence-electron chi connectivity index (χ3n) is 4.57. The van der Waals surface area contributed by atoms with Crippen LogP contribution in [0.3, 0.4) is 0 Å². The molecule has 0 bridgehead atoms. The molecule has 1 saturated carbocycles. The lowest BCUT2D eigenvalue weighted by atomic mass is 10.0.